The van der Waals surface area contributed by atoms with Crippen LogP contribution in [0.2, 0.25) is 0 Å². The van der Waals surface area contributed by atoms with Crippen LogP contribution in [-0.4, -0.2) is 0 Å². The topological polar surface area (TPSA) is 0 Å². The van der Waals surface area contributed by atoms with Crippen LogP contribution in [0.3, 0.4) is 0 Å². The van der Waals surface area contributed by atoms with E-state index in [1.165, 1.54) is 0 Å². The van der Waals surface area contributed by atoms with E-state index in [-0.39, 0.29) is 13.2 Å². The van der Waals surface area contributed by atoms with Gasteiger partial charge >= 0.3 is 40.5 Å². The maximum Gasteiger partial charge on any atom is 0.0177 e. The molecular weight excluding hydrogens is 389 g/mol. The van der Waals surface area contributed by atoms with Crippen LogP contribution in [0.1, 0.15) is 5.56 Å². The summed E-state index contributed by atoms with van der Waals surface area (Å²) in [5.74, 6) is 0. The van der Waals surface area contributed by atoms with Gasteiger partial charge in [-0.15, -0.1) is 0 Å². The first-order valence-corrected chi connectivity index (χ1v) is 17.6. The first-order chi connectivity index (χ1) is 5.20. The smallest absolute Gasteiger partial charge is 0.0177 e. The molecule has 0 bridgehead atoms. The minimum atomic E-state index is -0.250. The van der Waals surface area contributed by atoms with Crippen molar-refractivity contribution in [3.05, 3.63) is 41.2 Å². The Hall–Kier alpha value is 1.28. The fourth-order valence-electron chi connectivity index (χ4n) is 0.537. The molecule has 1 rings (SSSR count). The minimum Gasteiger partial charge on any atom is -0.0609 e. The summed E-state index contributed by atoms with van der Waals surface area (Å²) in [6.45, 7) is 3.75. The van der Waals surface area contributed by atoms with E-state index in [2.05, 4.69) is 50.1 Å². The molecule has 0 amide bonds. The first-order valence-electron chi connectivity index (χ1n) is 2.90. The van der Waals surface area contributed by atoms with E-state index in [4.69, 9.17) is 0 Å². The van der Waals surface area contributed by atoms with Gasteiger partial charge in [0, 0.05) is 4.47 Å². The monoisotopic (exact) mass is 391 g/mol. The third-order valence-corrected chi connectivity index (χ3v) is 1.38. The van der Waals surface area contributed by atoms with E-state index < -0.39 is 0 Å². The molecular formula is C7H6Br3Zn. The summed E-state index contributed by atoms with van der Waals surface area (Å²) >= 11 is 9.57. The van der Waals surface area contributed by atoms with E-state index in [1.54, 1.807) is 0 Å². The second kappa shape index (κ2) is 7.91. The Morgan fingerprint density at radius 1 is 1.27 bits per heavy atom. The number of hydrogen-bond acceptors (Lipinski definition) is 0. The molecule has 4 heteroatoms. The molecule has 57 valence electrons. The molecule has 1 radical (unpaired) electrons. The molecule has 0 saturated carbocycles. The van der Waals surface area contributed by atoms with Crippen LogP contribution in [0.25, 0.3) is 0 Å². The van der Waals surface area contributed by atoms with Crippen LogP contribution >= 0.6 is 43.2 Å². The van der Waals surface area contributed by atoms with Crippen molar-refractivity contribution in [2.45, 2.75) is 0 Å². The second-order valence-corrected chi connectivity index (χ2v) is 16.7. The summed E-state index contributed by atoms with van der Waals surface area (Å²) in [6.07, 6.45) is 0. The van der Waals surface area contributed by atoms with Crippen molar-refractivity contribution < 1.29 is 13.2 Å². The molecule has 0 aromatic heterocycles. The zero-order chi connectivity index (χ0) is 8.69. The molecule has 0 spiro atoms. The quantitative estimate of drug-likeness (QED) is 0.574. The van der Waals surface area contributed by atoms with Gasteiger partial charge in [-0.3, -0.25) is 0 Å². The van der Waals surface area contributed by atoms with Gasteiger partial charge in [-0.2, -0.15) is 0 Å². The van der Waals surface area contributed by atoms with Crippen LogP contribution in [0, 0.1) is 6.92 Å². The first kappa shape index (κ1) is 12.3. The van der Waals surface area contributed by atoms with Crippen LogP contribution < -0.4 is 0 Å². The summed E-state index contributed by atoms with van der Waals surface area (Å²) in [4.78, 5) is 0. The van der Waals surface area contributed by atoms with Crippen molar-refractivity contribution in [2.24, 2.45) is 0 Å². The Balaban J connectivity index is 0.000000292. The summed E-state index contributed by atoms with van der Waals surface area (Å²) in [5, 5.41) is 0. The third kappa shape index (κ3) is 7.64. The molecule has 1 aromatic carbocycles. The SMILES string of the molecule is [Br][Zn][Br].[CH2]c1cccc(Br)c1. The van der Waals surface area contributed by atoms with Crippen molar-refractivity contribution in [2.75, 3.05) is 0 Å². The van der Waals surface area contributed by atoms with Crippen LogP contribution in [-0.2, 0) is 13.2 Å². The van der Waals surface area contributed by atoms with Crippen LogP contribution in [0.5, 0.6) is 0 Å². The fourth-order valence-corrected chi connectivity index (χ4v) is 0.984. The summed E-state index contributed by atoms with van der Waals surface area (Å²) in [7, 11) is 0. The van der Waals surface area contributed by atoms with Gasteiger partial charge < -0.3 is 0 Å². The molecule has 0 heterocycles. The second-order valence-electron chi connectivity index (χ2n) is 1.73. The van der Waals surface area contributed by atoms with Gasteiger partial charge in [-0.1, -0.05) is 28.1 Å². The summed E-state index contributed by atoms with van der Waals surface area (Å²) in [6, 6.07) is 7.88. The van der Waals surface area contributed by atoms with Crippen molar-refractivity contribution in [1.29, 1.82) is 0 Å². The molecule has 11 heavy (non-hydrogen) atoms. The molecule has 0 fully saturated rings. The van der Waals surface area contributed by atoms with E-state index in [9.17, 15) is 0 Å². The Kier molecular flexibility index (Phi) is 8.83. The van der Waals surface area contributed by atoms with Crippen molar-refractivity contribution in [1.82, 2.24) is 0 Å². The van der Waals surface area contributed by atoms with Crippen molar-refractivity contribution in [3.63, 3.8) is 0 Å². The Morgan fingerprint density at radius 2 is 1.82 bits per heavy atom. The molecule has 0 N–H and O–H groups in total. The standard InChI is InChI=1S/C7H6Br.2BrH.Zn/c1-6-3-2-4-7(8)5-6;;;/h2-5H,1H2;2*1H;/q;;;+2/p-2. The van der Waals surface area contributed by atoms with Gasteiger partial charge in [0.1, 0.15) is 0 Å². The molecule has 1 aromatic rings. The number of halogens is 3. The normalized spacial score (nSPS) is 7.64. The van der Waals surface area contributed by atoms with Gasteiger partial charge in [-0.25, -0.2) is 0 Å². The molecule has 0 aliphatic rings. The van der Waals surface area contributed by atoms with Crippen LogP contribution in [0.15, 0.2) is 28.7 Å². The van der Waals surface area contributed by atoms with Gasteiger partial charge in [0.25, 0.3) is 0 Å². The van der Waals surface area contributed by atoms with Crippen LogP contribution in [0.4, 0.5) is 0 Å². The Bertz CT molecular complexity index is 185. The van der Waals surface area contributed by atoms with Gasteiger partial charge in [0.05, 0.1) is 0 Å². The number of benzene rings is 1. The molecule has 0 aliphatic heterocycles. The Morgan fingerprint density at radius 3 is 2.09 bits per heavy atom. The summed E-state index contributed by atoms with van der Waals surface area (Å²) < 4.78 is 1.09. The van der Waals surface area contributed by atoms with Gasteiger partial charge in [0.2, 0.25) is 0 Å². The summed E-state index contributed by atoms with van der Waals surface area (Å²) in [5.41, 5.74) is 1.04. The third-order valence-electron chi connectivity index (χ3n) is 0.889. The minimum absolute atomic E-state index is 0.250. The largest absolute Gasteiger partial charge is 0.0609 e. The maximum atomic E-state index is 3.75. The van der Waals surface area contributed by atoms with E-state index in [0.717, 1.165) is 10.0 Å². The molecule has 0 aliphatic carbocycles. The Labute approximate surface area is 96.6 Å². The predicted molar refractivity (Wildman–Crippen MR) is 56.5 cm³/mol. The zero-order valence-electron chi connectivity index (χ0n) is 5.86. The fraction of sp³-hybridized carbons (Fsp3) is 0. The average molecular weight is 395 g/mol. The molecule has 0 unspecified atom stereocenters. The van der Waals surface area contributed by atoms with Crippen molar-refractivity contribution >= 4 is 43.2 Å². The van der Waals surface area contributed by atoms with E-state index in [0.29, 0.717) is 0 Å². The molecule has 0 atom stereocenters. The van der Waals surface area contributed by atoms with E-state index in [1.807, 2.05) is 24.3 Å². The van der Waals surface area contributed by atoms with E-state index >= 15 is 0 Å². The average Bonchev–Trinajstić information content (AvgIpc) is 1.88. The molecule has 0 saturated heterocycles. The van der Waals surface area contributed by atoms with Gasteiger partial charge in [0.15, 0.2) is 0 Å². The van der Waals surface area contributed by atoms with Crippen molar-refractivity contribution in [3.8, 4) is 0 Å². The zero-order valence-corrected chi connectivity index (χ0v) is 13.6. The predicted octanol–water partition coefficient (Wildman–Crippen LogP) is 4.32. The van der Waals surface area contributed by atoms with Gasteiger partial charge in [-0.05, 0) is 24.6 Å². The maximum absolute atomic E-state index is 3.75. The molecule has 0 nitrogen and oxygen atoms in total. The number of hydrogen-bond donors (Lipinski definition) is 0. The number of rotatable bonds is 0.